The number of carbonyl (C=O) groups is 3. The monoisotopic (exact) mass is 428 g/mol. The lowest BCUT2D eigenvalue weighted by molar-refractivity contribution is -0.385. The van der Waals surface area contributed by atoms with Gasteiger partial charge in [-0.25, -0.2) is 4.98 Å². The summed E-state index contributed by atoms with van der Waals surface area (Å²) < 4.78 is 1.79. The van der Waals surface area contributed by atoms with Gasteiger partial charge in [0.15, 0.2) is 4.34 Å². The number of rotatable bonds is 5. The molecule has 2 aromatic carbocycles. The van der Waals surface area contributed by atoms with Crippen molar-refractivity contribution in [2.24, 2.45) is 0 Å². The number of hydrogen-bond donors (Lipinski definition) is 1. The van der Waals surface area contributed by atoms with Crippen LogP contribution in [0.25, 0.3) is 10.2 Å². The Labute approximate surface area is 171 Å². The van der Waals surface area contributed by atoms with Crippen molar-refractivity contribution in [3.63, 3.8) is 0 Å². The molecule has 146 valence electrons. The summed E-state index contributed by atoms with van der Waals surface area (Å²) in [6.45, 7) is -0.541. The van der Waals surface area contributed by atoms with E-state index in [1.54, 1.807) is 18.2 Å². The van der Waals surface area contributed by atoms with Gasteiger partial charge in [-0.1, -0.05) is 17.8 Å². The van der Waals surface area contributed by atoms with Gasteiger partial charge < -0.3 is 5.32 Å². The molecule has 2 heterocycles. The van der Waals surface area contributed by atoms with Gasteiger partial charge >= 0.3 is 0 Å². The fourth-order valence-electron chi connectivity index (χ4n) is 3.02. The van der Waals surface area contributed by atoms with Crippen LogP contribution in [0.1, 0.15) is 20.7 Å². The lowest BCUT2D eigenvalue weighted by atomic mass is 10.1. The summed E-state index contributed by atoms with van der Waals surface area (Å²) >= 11 is 3.01. The quantitative estimate of drug-likeness (QED) is 0.287. The standard InChI is InChI=1S/C18H12N4O5S2/c1-28-18-20-11-6-5-9(7-13(11)29-18)19-14(23)8-21-16(24)10-3-2-4-12(22(26)27)15(10)17(21)25/h2-7H,8H2,1H3,(H,19,23). The Bertz CT molecular complexity index is 1210. The Hall–Kier alpha value is -3.31. The van der Waals surface area contributed by atoms with Crippen LogP contribution in [0.5, 0.6) is 0 Å². The predicted molar refractivity (Wildman–Crippen MR) is 108 cm³/mol. The number of benzene rings is 2. The van der Waals surface area contributed by atoms with Gasteiger partial charge in [0, 0.05) is 11.8 Å². The van der Waals surface area contributed by atoms with Gasteiger partial charge in [0.05, 0.1) is 20.7 Å². The lowest BCUT2D eigenvalue weighted by Gasteiger charge is -2.13. The molecule has 11 heteroatoms. The van der Waals surface area contributed by atoms with E-state index in [0.717, 1.165) is 20.6 Å². The number of nitrogens with one attached hydrogen (secondary N) is 1. The number of nitro benzene ring substituents is 1. The number of aromatic nitrogens is 1. The molecule has 0 fully saturated rings. The van der Waals surface area contributed by atoms with E-state index in [1.165, 1.54) is 35.2 Å². The highest BCUT2D eigenvalue weighted by atomic mass is 32.2. The predicted octanol–water partition coefficient (Wildman–Crippen LogP) is 3.16. The normalized spacial score (nSPS) is 13.1. The molecule has 0 saturated heterocycles. The van der Waals surface area contributed by atoms with Gasteiger partial charge in [0.2, 0.25) is 5.91 Å². The van der Waals surface area contributed by atoms with Crippen molar-refractivity contribution < 1.29 is 19.3 Å². The third-order valence-electron chi connectivity index (χ3n) is 4.30. The topological polar surface area (TPSA) is 123 Å². The van der Waals surface area contributed by atoms with Crippen molar-refractivity contribution in [3.05, 3.63) is 57.6 Å². The molecule has 1 aliphatic heterocycles. The summed E-state index contributed by atoms with van der Waals surface area (Å²) in [5.41, 5.74) is 0.494. The van der Waals surface area contributed by atoms with Gasteiger partial charge in [-0.3, -0.25) is 29.4 Å². The van der Waals surface area contributed by atoms with Crippen LogP contribution in [-0.2, 0) is 4.79 Å². The Morgan fingerprint density at radius 1 is 1.28 bits per heavy atom. The van der Waals surface area contributed by atoms with Crippen LogP contribution in [-0.4, -0.2) is 45.3 Å². The van der Waals surface area contributed by atoms with E-state index in [2.05, 4.69) is 10.3 Å². The number of thioether (sulfide) groups is 1. The zero-order valence-corrected chi connectivity index (χ0v) is 16.5. The number of hydrogen-bond acceptors (Lipinski definition) is 8. The van der Waals surface area contributed by atoms with Crippen LogP contribution in [0.3, 0.4) is 0 Å². The molecule has 0 aliphatic carbocycles. The van der Waals surface area contributed by atoms with Gasteiger partial charge in [0.25, 0.3) is 17.5 Å². The second-order valence-corrected chi connectivity index (χ2v) is 8.15. The fraction of sp³-hybridized carbons (Fsp3) is 0.111. The molecule has 3 aromatic rings. The maximum atomic E-state index is 12.5. The number of fused-ring (bicyclic) bond motifs is 2. The van der Waals surface area contributed by atoms with Crippen molar-refractivity contribution in [2.45, 2.75) is 4.34 Å². The average molecular weight is 428 g/mol. The van der Waals surface area contributed by atoms with Crippen LogP contribution in [0.2, 0.25) is 0 Å². The summed E-state index contributed by atoms with van der Waals surface area (Å²) in [6.07, 6.45) is 1.92. The molecule has 3 amide bonds. The number of amides is 3. The van der Waals surface area contributed by atoms with E-state index in [-0.39, 0.29) is 11.1 Å². The first kappa shape index (κ1) is 19.0. The number of nitrogens with zero attached hydrogens (tertiary/aromatic N) is 3. The second-order valence-electron chi connectivity index (χ2n) is 6.07. The third-order valence-corrected chi connectivity index (χ3v) is 6.31. The summed E-state index contributed by atoms with van der Waals surface area (Å²) in [7, 11) is 0. The van der Waals surface area contributed by atoms with E-state index in [4.69, 9.17) is 0 Å². The molecular formula is C18H12N4O5S2. The number of thiazole rings is 1. The van der Waals surface area contributed by atoms with Crippen LogP contribution >= 0.6 is 23.1 Å². The summed E-state index contributed by atoms with van der Waals surface area (Å²) in [4.78, 5) is 53.0. The molecule has 1 aromatic heterocycles. The van der Waals surface area contributed by atoms with Crippen LogP contribution in [0, 0.1) is 10.1 Å². The van der Waals surface area contributed by atoms with Crippen LogP contribution in [0.4, 0.5) is 11.4 Å². The Morgan fingerprint density at radius 2 is 2.07 bits per heavy atom. The molecule has 29 heavy (non-hydrogen) atoms. The Kier molecular flexibility index (Phi) is 4.76. The van der Waals surface area contributed by atoms with Gasteiger partial charge in [-0.15, -0.1) is 11.3 Å². The summed E-state index contributed by atoms with van der Waals surface area (Å²) in [6, 6.07) is 9.03. The highest BCUT2D eigenvalue weighted by Gasteiger charge is 2.41. The molecule has 0 saturated carbocycles. The maximum Gasteiger partial charge on any atom is 0.282 e. The zero-order valence-electron chi connectivity index (χ0n) is 14.9. The molecular weight excluding hydrogens is 416 g/mol. The Balaban J connectivity index is 1.53. The first-order chi connectivity index (χ1) is 13.9. The minimum absolute atomic E-state index is 0.0762. The first-order valence-corrected chi connectivity index (χ1v) is 10.3. The highest BCUT2D eigenvalue weighted by Crippen LogP contribution is 2.31. The maximum absolute atomic E-state index is 12.5. The van der Waals surface area contributed by atoms with E-state index < -0.39 is 34.9 Å². The van der Waals surface area contributed by atoms with E-state index in [1.807, 2.05) is 6.26 Å². The average Bonchev–Trinajstić information content (AvgIpc) is 3.22. The third kappa shape index (κ3) is 3.34. The van der Waals surface area contributed by atoms with E-state index in [0.29, 0.717) is 10.6 Å². The van der Waals surface area contributed by atoms with Crippen molar-refractivity contribution >= 4 is 62.4 Å². The smallest absolute Gasteiger partial charge is 0.282 e. The summed E-state index contributed by atoms with van der Waals surface area (Å²) in [5, 5.41) is 13.8. The van der Waals surface area contributed by atoms with Crippen molar-refractivity contribution in [1.82, 2.24) is 9.88 Å². The Morgan fingerprint density at radius 3 is 2.79 bits per heavy atom. The molecule has 0 atom stereocenters. The van der Waals surface area contributed by atoms with Gasteiger partial charge in [-0.2, -0.15) is 0 Å². The fourth-order valence-corrected chi connectivity index (χ4v) is 4.55. The SMILES string of the molecule is CSc1nc2ccc(NC(=O)CN3C(=O)c4cccc([N+](=O)[O-])c4C3=O)cc2s1. The largest absolute Gasteiger partial charge is 0.324 e. The van der Waals surface area contributed by atoms with Gasteiger partial charge in [-0.05, 0) is 30.5 Å². The molecule has 4 rings (SSSR count). The highest BCUT2D eigenvalue weighted by molar-refractivity contribution is 8.00. The number of anilines is 1. The molecule has 0 unspecified atom stereocenters. The second kappa shape index (κ2) is 7.26. The lowest BCUT2D eigenvalue weighted by Crippen LogP contribution is -2.37. The van der Waals surface area contributed by atoms with Crippen LogP contribution in [0.15, 0.2) is 40.7 Å². The minimum atomic E-state index is -0.852. The molecule has 1 N–H and O–H groups in total. The number of nitro groups is 1. The minimum Gasteiger partial charge on any atom is -0.324 e. The van der Waals surface area contributed by atoms with Gasteiger partial charge in [0.1, 0.15) is 12.1 Å². The number of carbonyl (C=O) groups excluding carboxylic acids is 3. The molecule has 0 bridgehead atoms. The zero-order chi connectivity index (χ0) is 20.7. The molecule has 1 aliphatic rings. The van der Waals surface area contributed by atoms with E-state index in [9.17, 15) is 24.5 Å². The molecule has 0 radical (unpaired) electrons. The summed E-state index contributed by atoms with van der Waals surface area (Å²) in [5.74, 6) is -2.17. The van der Waals surface area contributed by atoms with Crippen molar-refractivity contribution in [1.29, 1.82) is 0 Å². The first-order valence-electron chi connectivity index (χ1n) is 8.27. The van der Waals surface area contributed by atoms with Crippen molar-refractivity contribution in [3.8, 4) is 0 Å². The van der Waals surface area contributed by atoms with Crippen molar-refractivity contribution in [2.75, 3.05) is 18.1 Å². The van der Waals surface area contributed by atoms with Crippen LogP contribution < -0.4 is 5.32 Å². The molecule has 9 nitrogen and oxygen atoms in total. The van der Waals surface area contributed by atoms with E-state index >= 15 is 0 Å². The number of imide groups is 1. The molecule has 0 spiro atoms.